The number of carbonyl (C=O) groups is 1. The van der Waals surface area contributed by atoms with E-state index in [4.69, 9.17) is 4.74 Å². The predicted octanol–water partition coefficient (Wildman–Crippen LogP) is 2.20. The number of nitrogens with zero attached hydrogens (tertiary/aromatic N) is 3. The van der Waals surface area contributed by atoms with Gasteiger partial charge >= 0.3 is 6.03 Å². The van der Waals surface area contributed by atoms with Crippen LogP contribution in [0.1, 0.15) is 18.3 Å². The average Bonchev–Trinajstić information content (AvgIpc) is 2.67. The molecule has 0 unspecified atom stereocenters. The monoisotopic (exact) mass is 341 g/mol. The van der Waals surface area contributed by atoms with Crippen LogP contribution in [0.5, 0.6) is 0 Å². The largest absolute Gasteiger partial charge is 0.378 e. The van der Waals surface area contributed by atoms with Gasteiger partial charge in [0.05, 0.1) is 19.8 Å². The smallest absolute Gasteiger partial charge is 0.319 e. The highest BCUT2D eigenvalue weighted by molar-refractivity contribution is 5.89. The Morgan fingerprint density at radius 2 is 2.12 bits per heavy atom. The number of urea groups is 1. The molecule has 0 aliphatic carbocycles. The van der Waals surface area contributed by atoms with Crippen molar-refractivity contribution in [2.24, 2.45) is 0 Å². The Morgan fingerprint density at radius 1 is 1.28 bits per heavy atom. The lowest BCUT2D eigenvalue weighted by molar-refractivity contribution is 0.122. The van der Waals surface area contributed by atoms with E-state index in [1.165, 1.54) is 5.56 Å². The first-order chi connectivity index (χ1) is 12.2. The van der Waals surface area contributed by atoms with Gasteiger partial charge in [0.1, 0.15) is 11.6 Å². The van der Waals surface area contributed by atoms with E-state index in [0.717, 1.165) is 31.0 Å². The van der Waals surface area contributed by atoms with Crippen LogP contribution >= 0.6 is 0 Å². The maximum atomic E-state index is 12.1. The first kappa shape index (κ1) is 17.2. The third-order valence-electron chi connectivity index (χ3n) is 4.03. The fourth-order valence-electron chi connectivity index (χ4n) is 2.65. The Morgan fingerprint density at radius 3 is 2.92 bits per heavy atom. The van der Waals surface area contributed by atoms with Crippen LogP contribution in [0.2, 0.25) is 0 Å². The van der Waals surface area contributed by atoms with Crippen molar-refractivity contribution in [3.63, 3.8) is 0 Å². The fraction of sp³-hybridized carbons (Fsp3) is 0.389. The number of nitrogens with one attached hydrogen (secondary N) is 2. The summed E-state index contributed by atoms with van der Waals surface area (Å²) >= 11 is 0. The molecule has 7 heteroatoms. The lowest BCUT2D eigenvalue weighted by Gasteiger charge is -2.27. The number of hydrogen-bond donors (Lipinski definition) is 2. The molecule has 0 radical (unpaired) electrons. The van der Waals surface area contributed by atoms with Gasteiger partial charge in [-0.15, -0.1) is 0 Å². The number of aryl methyl sites for hydroxylation is 1. The minimum atomic E-state index is -0.270. The van der Waals surface area contributed by atoms with Gasteiger partial charge in [-0.05, 0) is 30.2 Å². The van der Waals surface area contributed by atoms with Crippen molar-refractivity contribution in [1.29, 1.82) is 0 Å². The van der Waals surface area contributed by atoms with Gasteiger partial charge < -0.3 is 20.3 Å². The van der Waals surface area contributed by atoms with Crippen molar-refractivity contribution in [3.8, 4) is 0 Å². The van der Waals surface area contributed by atoms with Crippen LogP contribution in [0.4, 0.5) is 16.3 Å². The SMILES string of the molecule is CCc1cccc(NC(=O)NCc2nccc(N3CCOCC3)n2)c1. The number of hydrogen-bond acceptors (Lipinski definition) is 5. The highest BCUT2D eigenvalue weighted by Gasteiger charge is 2.13. The standard InChI is InChI=1S/C18H23N5O2/c1-2-14-4-3-5-15(12-14)21-18(24)20-13-16-19-7-6-17(22-16)23-8-10-25-11-9-23/h3-7,12H,2,8-11,13H2,1H3,(H2,20,21,24). The zero-order valence-electron chi connectivity index (χ0n) is 14.4. The number of morpholine rings is 1. The molecule has 2 amide bonds. The molecule has 0 spiro atoms. The minimum absolute atomic E-state index is 0.270. The van der Waals surface area contributed by atoms with Crippen molar-refractivity contribution in [2.75, 3.05) is 36.5 Å². The first-order valence-electron chi connectivity index (χ1n) is 8.53. The van der Waals surface area contributed by atoms with Crippen LogP contribution in [-0.2, 0) is 17.7 Å². The summed E-state index contributed by atoms with van der Waals surface area (Å²) in [6, 6.07) is 9.42. The Labute approximate surface area is 147 Å². The van der Waals surface area contributed by atoms with Crippen LogP contribution < -0.4 is 15.5 Å². The van der Waals surface area contributed by atoms with Crippen molar-refractivity contribution in [3.05, 3.63) is 47.9 Å². The summed E-state index contributed by atoms with van der Waals surface area (Å²) in [6.45, 7) is 5.40. The maximum absolute atomic E-state index is 12.1. The highest BCUT2D eigenvalue weighted by atomic mass is 16.5. The second-order valence-corrected chi connectivity index (χ2v) is 5.79. The summed E-state index contributed by atoms with van der Waals surface area (Å²) in [7, 11) is 0. The fourth-order valence-corrected chi connectivity index (χ4v) is 2.65. The summed E-state index contributed by atoms with van der Waals surface area (Å²) in [4.78, 5) is 23.0. The molecule has 1 saturated heterocycles. The van der Waals surface area contributed by atoms with Gasteiger partial charge in [-0.25, -0.2) is 14.8 Å². The number of rotatable bonds is 5. The molecule has 1 aromatic heterocycles. The van der Waals surface area contributed by atoms with Gasteiger partial charge in [0.25, 0.3) is 0 Å². The summed E-state index contributed by atoms with van der Waals surface area (Å²) in [5, 5.41) is 5.63. The second kappa shape index (κ2) is 8.43. The van der Waals surface area contributed by atoms with Crippen LogP contribution in [0.15, 0.2) is 36.5 Å². The third-order valence-corrected chi connectivity index (χ3v) is 4.03. The van der Waals surface area contributed by atoms with E-state index in [0.29, 0.717) is 19.0 Å². The molecule has 7 nitrogen and oxygen atoms in total. The van der Waals surface area contributed by atoms with Crippen LogP contribution in [0.3, 0.4) is 0 Å². The zero-order valence-corrected chi connectivity index (χ0v) is 14.4. The molecule has 2 aromatic rings. The summed E-state index contributed by atoms with van der Waals surface area (Å²) in [6.07, 6.45) is 2.65. The Kier molecular flexibility index (Phi) is 5.79. The van der Waals surface area contributed by atoms with E-state index >= 15 is 0 Å². The molecule has 3 rings (SSSR count). The molecule has 2 N–H and O–H groups in total. The van der Waals surface area contributed by atoms with Gasteiger partial charge in [0.15, 0.2) is 0 Å². The second-order valence-electron chi connectivity index (χ2n) is 5.79. The quantitative estimate of drug-likeness (QED) is 0.871. The Balaban J connectivity index is 1.54. The number of ether oxygens (including phenoxy) is 1. The molecule has 132 valence electrons. The Bertz CT molecular complexity index is 716. The van der Waals surface area contributed by atoms with E-state index in [9.17, 15) is 4.79 Å². The third kappa shape index (κ3) is 4.90. The summed E-state index contributed by atoms with van der Waals surface area (Å²) in [5.41, 5.74) is 1.96. The molecule has 0 saturated carbocycles. The predicted molar refractivity (Wildman–Crippen MR) is 96.7 cm³/mol. The van der Waals surface area contributed by atoms with E-state index in [1.807, 2.05) is 30.3 Å². The number of anilines is 2. The minimum Gasteiger partial charge on any atom is -0.378 e. The molecule has 0 atom stereocenters. The van der Waals surface area contributed by atoms with Gasteiger partial charge in [0, 0.05) is 25.0 Å². The highest BCUT2D eigenvalue weighted by Crippen LogP contribution is 2.12. The van der Waals surface area contributed by atoms with Crippen molar-refractivity contribution < 1.29 is 9.53 Å². The molecule has 2 heterocycles. The number of carbonyl (C=O) groups excluding carboxylic acids is 1. The van der Waals surface area contributed by atoms with Crippen molar-refractivity contribution in [1.82, 2.24) is 15.3 Å². The normalized spacial score (nSPS) is 14.2. The lowest BCUT2D eigenvalue weighted by Crippen LogP contribution is -2.37. The molecule has 1 fully saturated rings. The number of aromatic nitrogens is 2. The number of amides is 2. The van der Waals surface area contributed by atoms with Crippen molar-refractivity contribution in [2.45, 2.75) is 19.9 Å². The number of benzene rings is 1. The molecule has 25 heavy (non-hydrogen) atoms. The summed E-state index contributed by atoms with van der Waals surface area (Å²) < 4.78 is 5.35. The van der Waals surface area contributed by atoms with Crippen molar-refractivity contribution >= 4 is 17.5 Å². The Hall–Kier alpha value is -2.67. The summed E-state index contributed by atoms with van der Waals surface area (Å²) in [5.74, 6) is 1.45. The van der Waals surface area contributed by atoms with E-state index in [2.05, 4.69) is 32.4 Å². The van der Waals surface area contributed by atoms with Gasteiger partial charge in [-0.3, -0.25) is 0 Å². The molecule has 1 aromatic carbocycles. The zero-order chi connectivity index (χ0) is 17.5. The lowest BCUT2D eigenvalue weighted by atomic mass is 10.1. The topological polar surface area (TPSA) is 79.4 Å². The average molecular weight is 341 g/mol. The van der Waals surface area contributed by atoms with Gasteiger partial charge in [0.2, 0.25) is 0 Å². The van der Waals surface area contributed by atoms with E-state index in [1.54, 1.807) is 6.20 Å². The van der Waals surface area contributed by atoms with E-state index in [-0.39, 0.29) is 12.6 Å². The van der Waals surface area contributed by atoms with E-state index < -0.39 is 0 Å². The molecule has 1 aliphatic rings. The van der Waals surface area contributed by atoms with Gasteiger partial charge in [-0.1, -0.05) is 19.1 Å². The molecule has 0 bridgehead atoms. The molecular formula is C18H23N5O2. The van der Waals surface area contributed by atoms with Gasteiger partial charge in [-0.2, -0.15) is 0 Å². The first-order valence-corrected chi connectivity index (χ1v) is 8.53. The molecular weight excluding hydrogens is 318 g/mol. The molecule has 1 aliphatic heterocycles. The maximum Gasteiger partial charge on any atom is 0.319 e. The van der Waals surface area contributed by atoms with Crippen LogP contribution in [0, 0.1) is 0 Å². The van der Waals surface area contributed by atoms with Crippen LogP contribution in [-0.4, -0.2) is 42.3 Å². The van der Waals surface area contributed by atoms with Crippen LogP contribution in [0.25, 0.3) is 0 Å².